The molecule has 2 rings (SSSR count). The molecule has 1 aliphatic carbocycles. The Morgan fingerprint density at radius 2 is 2.28 bits per heavy atom. The Morgan fingerprint density at radius 1 is 1.50 bits per heavy atom. The first-order valence-electron chi connectivity index (χ1n) is 6.68. The van der Waals surface area contributed by atoms with Gasteiger partial charge in [-0.2, -0.15) is 10.4 Å². The lowest BCUT2D eigenvalue weighted by Crippen LogP contribution is -2.31. The van der Waals surface area contributed by atoms with Crippen molar-refractivity contribution in [3.05, 3.63) is 18.0 Å². The van der Waals surface area contributed by atoms with E-state index >= 15 is 0 Å². The SMILES string of the molecule is CC(C)(C)n1cc(CNC2CCCC2C#N)cn1. The fourth-order valence-electron chi connectivity index (χ4n) is 2.43. The number of nitrogens with zero attached hydrogens (tertiary/aromatic N) is 3. The van der Waals surface area contributed by atoms with Crippen molar-refractivity contribution in [2.45, 2.75) is 58.2 Å². The van der Waals surface area contributed by atoms with Crippen LogP contribution in [0, 0.1) is 17.2 Å². The maximum Gasteiger partial charge on any atom is 0.0672 e. The van der Waals surface area contributed by atoms with Crippen LogP contribution >= 0.6 is 0 Å². The zero-order valence-electron chi connectivity index (χ0n) is 11.5. The molecule has 0 aliphatic heterocycles. The van der Waals surface area contributed by atoms with Crippen molar-refractivity contribution in [2.24, 2.45) is 5.92 Å². The summed E-state index contributed by atoms with van der Waals surface area (Å²) in [4.78, 5) is 0. The predicted molar refractivity (Wildman–Crippen MR) is 70.8 cm³/mol. The molecule has 1 aromatic heterocycles. The monoisotopic (exact) mass is 246 g/mol. The second-order valence-corrected chi connectivity index (χ2v) is 6.12. The van der Waals surface area contributed by atoms with Crippen molar-refractivity contribution >= 4 is 0 Å². The summed E-state index contributed by atoms with van der Waals surface area (Å²) in [5, 5.41) is 16.9. The lowest BCUT2D eigenvalue weighted by molar-refractivity contribution is 0.355. The second kappa shape index (κ2) is 5.11. The highest BCUT2D eigenvalue weighted by Crippen LogP contribution is 2.25. The third-order valence-corrected chi connectivity index (χ3v) is 3.57. The van der Waals surface area contributed by atoms with E-state index in [0.29, 0.717) is 6.04 Å². The summed E-state index contributed by atoms with van der Waals surface area (Å²) in [6.45, 7) is 7.22. The van der Waals surface area contributed by atoms with Gasteiger partial charge in [0, 0.05) is 24.3 Å². The summed E-state index contributed by atoms with van der Waals surface area (Å²) in [5.41, 5.74) is 1.22. The number of rotatable bonds is 3. The quantitative estimate of drug-likeness (QED) is 0.891. The molecule has 1 aliphatic rings. The molecule has 0 radical (unpaired) electrons. The van der Waals surface area contributed by atoms with Crippen molar-refractivity contribution in [3.8, 4) is 6.07 Å². The molecule has 1 heterocycles. The highest BCUT2D eigenvalue weighted by Gasteiger charge is 2.26. The maximum absolute atomic E-state index is 9.04. The van der Waals surface area contributed by atoms with Gasteiger partial charge >= 0.3 is 0 Å². The zero-order valence-corrected chi connectivity index (χ0v) is 11.5. The average molecular weight is 246 g/mol. The third-order valence-electron chi connectivity index (χ3n) is 3.57. The van der Waals surface area contributed by atoms with Gasteiger partial charge in [-0.1, -0.05) is 6.42 Å². The van der Waals surface area contributed by atoms with Gasteiger partial charge in [0.25, 0.3) is 0 Å². The second-order valence-electron chi connectivity index (χ2n) is 6.12. The van der Waals surface area contributed by atoms with Crippen LogP contribution in [0.25, 0.3) is 0 Å². The predicted octanol–water partition coefficient (Wildman–Crippen LogP) is 2.42. The molecule has 18 heavy (non-hydrogen) atoms. The van der Waals surface area contributed by atoms with Crippen molar-refractivity contribution in [1.29, 1.82) is 5.26 Å². The summed E-state index contributed by atoms with van der Waals surface area (Å²) in [7, 11) is 0. The van der Waals surface area contributed by atoms with Gasteiger partial charge < -0.3 is 5.32 Å². The molecule has 1 fully saturated rings. The minimum absolute atomic E-state index is 0.0286. The fraction of sp³-hybridized carbons (Fsp3) is 0.714. The summed E-state index contributed by atoms with van der Waals surface area (Å²) in [5.74, 6) is 0.183. The topological polar surface area (TPSA) is 53.6 Å². The first kappa shape index (κ1) is 13.1. The molecule has 0 spiro atoms. The van der Waals surface area contributed by atoms with Gasteiger partial charge in [-0.05, 0) is 33.6 Å². The number of nitriles is 1. The van der Waals surface area contributed by atoms with Crippen LogP contribution in [0.3, 0.4) is 0 Å². The molecule has 4 nitrogen and oxygen atoms in total. The highest BCUT2D eigenvalue weighted by molar-refractivity contribution is 5.06. The minimum atomic E-state index is 0.0286. The molecule has 1 saturated carbocycles. The Hall–Kier alpha value is -1.34. The molecule has 98 valence electrons. The average Bonchev–Trinajstić information content (AvgIpc) is 2.94. The molecular formula is C14H22N4. The van der Waals surface area contributed by atoms with Crippen LogP contribution in [0.1, 0.15) is 45.6 Å². The normalized spacial score (nSPS) is 24.1. The zero-order chi connectivity index (χ0) is 13.2. The van der Waals surface area contributed by atoms with Gasteiger partial charge in [0.15, 0.2) is 0 Å². The largest absolute Gasteiger partial charge is 0.308 e. The highest BCUT2D eigenvalue weighted by atomic mass is 15.3. The van der Waals surface area contributed by atoms with Crippen molar-refractivity contribution in [3.63, 3.8) is 0 Å². The van der Waals surface area contributed by atoms with E-state index in [4.69, 9.17) is 5.26 Å². The smallest absolute Gasteiger partial charge is 0.0672 e. The fourth-order valence-corrected chi connectivity index (χ4v) is 2.43. The lowest BCUT2D eigenvalue weighted by atomic mass is 10.1. The summed E-state index contributed by atoms with van der Waals surface area (Å²) < 4.78 is 1.99. The van der Waals surface area contributed by atoms with E-state index in [-0.39, 0.29) is 11.5 Å². The summed E-state index contributed by atoms with van der Waals surface area (Å²) in [6.07, 6.45) is 7.32. The van der Waals surface area contributed by atoms with Gasteiger partial charge in [0.1, 0.15) is 0 Å². The molecule has 0 amide bonds. The van der Waals surface area contributed by atoms with E-state index in [1.54, 1.807) is 0 Å². The standard InChI is InChI=1S/C14H22N4/c1-14(2,3)18-10-11(9-17-18)8-16-13-6-4-5-12(13)7-15/h9-10,12-13,16H,4-6,8H2,1-3H3. The van der Waals surface area contributed by atoms with E-state index in [0.717, 1.165) is 25.8 Å². The molecule has 0 bridgehead atoms. The molecule has 1 N–H and O–H groups in total. The molecule has 1 aromatic rings. The number of nitrogens with one attached hydrogen (secondary N) is 1. The molecule has 4 heteroatoms. The first-order valence-corrected chi connectivity index (χ1v) is 6.68. The van der Waals surface area contributed by atoms with Crippen LogP contribution < -0.4 is 5.32 Å². The molecular weight excluding hydrogens is 224 g/mol. The molecule has 0 aromatic carbocycles. The van der Waals surface area contributed by atoms with Crippen LogP contribution in [0.2, 0.25) is 0 Å². The first-order chi connectivity index (χ1) is 8.50. The number of hydrogen-bond donors (Lipinski definition) is 1. The Kier molecular flexibility index (Phi) is 3.72. The van der Waals surface area contributed by atoms with E-state index in [1.165, 1.54) is 5.56 Å². The van der Waals surface area contributed by atoms with Gasteiger partial charge in [0.2, 0.25) is 0 Å². The van der Waals surface area contributed by atoms with Crippen LogP contribution in [-0.2, 0) is 12.1 Å². The Balaban J connectivity index is 1.91. The maximum atomic E-state index is 9.04. The van der Waals surface area contributed by atoms with E-state index < -0.39 is 0 Å². The van der Waals surface area contributed by atoms with E-state index in [2.05, 4.69) is 43.5 Å². The van der Waals surface area contributed by atoms with Crippen LogP contribution in [0.15, 0.2) is 12.4 Å². The van der Waals surface area contributed by atoms with Crippen LogP contribution in [-0.4, -0.2) is 15.8 Å². The Morgan fingerprint density at radius 3 is 2.89 bits per heavy atom. The Bertz CT molecular complexity index is 435. The third kappa shape index (κ3) is 2.91. The van der Waals surface area contributed by atoms with Crippen LogP contribution in [0.5, 0.6) is 0 Å². The molecule has 2 atom stereocenters. The van der Waals surface area contributed by atoms with Gasteiger partial charge in [0.05, 0.1) is 23.7 Å². The van der Waals surface area contributed by atoms with Crippen molar-refractivity contribution < 1.29 is 0 Å². The number of hydrogen-bond acceptors (Lipinski definition) is 3. The summed E-state index contributed by atoms with van der Waals surface area (Å²) >= 11 is 0. The lowest BCUT2D eigenvalue weighted by Gasteiger charge is -2.19. The summed E-state index contributed by atoms with van der Waals surface area (Å²) in [6, 6.07) is 2.75. The van der Waals surface area contributed by atoms with E-state index in [1.807, 2.05) is 10.9 Å². The molecule has 2 unspecified atom stereocenters. The van der Waals surface area contributed by atoms with E-state index in [9.17, 15) is 0 Å². The van der Waals surface area contributed by atoms with Crippen molar-refractivity contribution in [1.82, 2.24) is 15.1 Å². The van der Waals surface area contributed by atoms with Crippen LogP contribution in [0.4, 0.5) is 0 Å². The van der Waals surface area contributed by atoms with Gasteiger partial charge in [-0.15, -0.1) is 0 Å². The number of aromatic nitrogens is 2. The van der Waals surface area contributed by atoms with Crippen molar-refractivity contribution in [2.75, 3.05) is 0 Å². The Labute approximate surface area is 109 Å². The van der Waals surface area contributed by atoms with Gasteiger partial charge in [-0.3, -0.25) is 4.68 Å². The van der Waals surface area contributed by atoms with Gasteiger partial charge in [-0.25, -0.2) is 0 Å². The molecule has 0 saturated heterocycles. The minimum Gasteiger partial charge on any atom is -0.308 e.